The Morgan fingerprint density at radius 3 is 2.65 bits per heavy atom. The summed E-state index contributed by atoms with van der Waals surface area (Å²) in [5.74, 6) is -0.847. The predicted molar refractivity (Wildman–Crippen MR) is 75.1 cm³/mol. The van der Waals surface area contributed by atoms with E-state index in [1.54, 1.807) is 50.2 Å². The van der Waals surface area contributed by atoms with Crippen LogP contribution in [0, 0.1) is 12.7 Å². The SMILES string of the molecule is Cc1cccc(C(=O)NC(C)c2cccc(O)c2)c1F. The highest BCUT2D eigenvalue weighted by atomic mass is 19.1. The van der Waals surface area contributed by atoms with Crippen LogP contribution in [0.4, 0.5) is 4.39 Å². The predicted octanol–water partition coefficient (Wildman–Crippen LogP) is 3.33. The maximum absolute atomic E-state index is 13.9. The largest absolute Gasteiger partial charge is 0.508 e. The second-order valence-electron chi connectivity index (χ2n) is 4.73. The topological polar surface area (TPSA) is 49.3 Å². The third-order valence-corrected chi connectivity index (χ3v) is 3.15. The fraction of sp³-hybridized carbons (Fsp3) is 0.188. The molecule has 0 aliphatic heterocycles. The first-order chi connectivity index (χ1) is 9.49. The summed E-state index contributed by atoms with van der Waals surface area (Å²) in [6.07, 6.45) is 0. The summed E-state index contributed by atoms with van der Waals surface area (Å²) >= 11 is 0. The van der Waals surface area contributed by atoms with Crippen molar-refractivity contribution in [1.29, 1.82) is 0 Å². The number of benzene rings is 2. The van der Waals surface area contributed by atoms with E-state index in [1.165, 1.54) is 6.07 Å². The molecule has 1 unspecified atom stereocenters. The number of carbonyl (C=O) groups excluding carboxylic acids is 1. The van der Waals surface area contributed by atoms with Gasteiger partial charge in [-0.05, 0) is 43.2 Å². The summed E-state index contributed by atoms with van der Waals surface area (Å²) in [5, 5.41) is 12.1. The third kappa shape index (κ3) is 2.96. The minimum Gasteiger partial charge on any atom is -0.508 e. The molecule has 2 rings (SSSR count). The van der Waals surface area contributed by atoms with Crippen LogP contribution in [0.3, 0.4) is 0 Å². The minimum absolute atomic E-state index is 0.0250. The monoisotopic (exact) mass is 273 g/mol. The molecule has 0 aromatic heterocycles. The van der Waals surface area contributed by atoms with Crippen LogP contribution in [-0.4, -0.2) is 11.0 Å². The van der Waals surface area contributed by atoms with Crippen molar-refractivity contribution in [3.8, 4) is 5.75 Å². The summed E-state index contributed by atoms with van der Waals surface area (Å²) in [6.45, 7) is 3.39. The van der Waals surface area contributed by atoms with Gasteiger partial charge in [-0.25, -0.2) is 4.39 Å². The number of aryl methyl sites for hydroxylation is 1. The first kappa shape index (κ1) is 14.1. The van der Waals surface area contributed by atoms with Crippen LogP contribution in [0.25, 0.3) is 0 Å². The lowest BCUT2D eigenvalue weighted by molar-refractivity contribution is 0.0935. The summed E-state index contributed by atoms with van der Waals surface area (Å²) in [4.78, 5) is 12.1. The number of rotatable bonds is 3. The smallest absolute Gasteiger partial charge is 0.254 e. The molecule has 2 aromatic rings. The second-order valence-corrected chi connectivity index (χ2v) is 4.73. The van der Waals surface area contributed by atoms with Gasteiger partial charge in [-0.1, -0.05) is 24.3 Å². The lowest BCUT2D eigenvalue weighted by Crippen LogP contribution is -2.27. The van der Waals surface area contributed by atoms with Crippen molar-refractivity contribution in [3.05, 3.63) is 65.0 Å². The van der Waals surface area contributed by atoms with Crippen molar-refractivity contribution in [3.63, 3.8) is 0 Å². The van der Waals surface area contributed by atoms with Crippen molar-refractivity contribution in [1.82, 2.24) is 5.32 Å². The zero-order chi connectivity index (χ0) is 14.7. The molecule has 0 spiro atoms. The van der Waals surface area contributed by atoms with Crippen molar-refractivity contribution < 1.29 is 14.3 Å². The van der Waals surface area contributed by atoms with Gasteiger partial charge in [0.2, 0.25) is 0 Å². The van der Waals surface area contributed by atoms with Crippen LogP contribution in [0.5, 0.6) is 5.75 Å². The van der Waals surface area contributed by atoms with Crippen LogP contribution in [-0.2, 0) is 0 Å². The van der Waals surface area contributed by atoms with E-state index >= 15 is 0 Å². The number of carbonyl (C=O) groups is 1. The lowest BCUT2D eigenvalue weighted by Gasteiger charge is -2.15. The Kier molecular flexibility index (Phi) is 4.03. The normalized spacial score (nSPS) is 11.9. The maximum Gasteiger partial charge on any atom is 0.254 e. The van der Waals surface area contributed by atoms with Gasteiger partial charge in [-0.3, -0.25) is 4.79 Å². The maximum atomic E-state index is 13.9. The van der Waals surface area contributed by atoms with Crippen LogP contribution in [0.15, 0.2) is 42.5 Å². The number of phenols is 1. The molecule has 0 saturated carbocycles. The molecule has 0 radical (unpaired) electrons. The number of phenolic OH excluding ortho intramolecular Hbond substituents is 1. The van der Waals surface area contributed by atoms with Crippen molar-refractivity contribution in [2.75, 3.05) is 0 Å². The van der Waals surface area contributed by atoms with Gasteiger partial charge in [0.15, 0.2) is 0 Å². The van der Waals surface area contributed by atoms with Crippen LogP contribution < -0.4 is 5.32 Å². The van der Waals surface area contributed by atoms with E-state index in [0.29, 0.717) is 5.56 Å². The van der Waals surface area contributed by atoms with Gasteiger partial charge in [0.05, 0.1) is 11.6 Å². The standard InChI is InChI=1S/C16H16FNO2/c1-10-5-3-8-14(15(10)17)16(20)18-11(2)12-6-4-7-13(19)9-12/h3-9,11,19H,1-2H3,(H,18,20). The Bertz CT molecular complexity index is 640. The van der Waals surface area contributed by atoms with Gasteiger partial charge in [-0.15, -0.1) is 0 Å². The Morgan fingerprint density at radius 1 is 1.25 bits per heavy atom. The Labute approximate surface area is 117 Å². The first-order valence-electron chi connectivity index (χ1n) is 6.34. The molecule has 2 aromatic carbocycles. The van der Waals surface area contributed by atoms with Crippen LogP contribution in [0.2, 0.25) is 0 Å². The minimum atomic E-state index is -0.506. The van der Waals surface area contributed by atoms with Crippen molar-refractivity contribution in [2.45, 2.75) is 19.9 Å². The van der Waals surface area contributed by atoms with E-state index in [-0.39, 0.29) is 17.4 Å². The summed E-state index contributed by atoms with van der Waals surface area (Å²) in [5.41, 5.74) is 1.21. The van der Waals surface area contributed by atoms with Crippen molar-refractivity contribution in [2.24, 2.45) is 0 Å². The average molecular weight is 273 g/mol. The molecule has 20 heavy (non-hydrogen) atoms. The molecule has 4 heteroatoms. The molecular weight excluding hydrogens is 257 g/mol. The summed E-state index contributed by atoms with van der Waals surface area (Å²) < 4.78 is 13.9. The summed E-state index contributed by atoms with van der Waals surface area (Å²) in [6, 6.07) is 11.0. The molecule has 1 atom stereocenters. The number of amides is 1. The molecule has 3 nitrogen and oxygen atoms in total. The Balaban J connectivity index is 2.17. The van der Waals surface area contributed by atoms with Gasteiger partial charge < -0.3 is 10.4 Å². The zero-order valence-electron chi connectivity index (χ0n) is 11.4. The fourth-order valence-corrected chi connectivity index (χ4v) is 1.97. The Morgan fingerprint density at radius 2 is 1.95 bits per heavy atom. The second kappa shape index (κ2) is 5.74. The molecule has 0 saturated heterocycles. The molecule has 0 bridgehead atoms. The van der Waals surface area contributed by atoms with Crippen molar-refractivity contribution >= 4 is 5.91 Å². The number of hydrogen-bond donors (Lipinski definition) is 2. The highest BCUT2D eigenvalue weighted by Crippen LogP contribution is 2.19. The van der Waals surface area contributed by atoms with Gasteiger partial charge in [0.25, 0.3) is 5.91 Å². The molecule has 2 N–H and O–H groups in total. The zero-order valence-corrected chi connectivity index (χ0v) is 11.4. The summed E-state index contributed by atoms with van der Waals surface area (Å²) in [7, 11) is 0. The highest BCUT2D eigenvalue weighted by Gasteiger charge is 2.16. The van der Waals surface area contributed by atoms with E-state index in [9.17, 15) is 14.3 Å². The van der Waals surface area contributed by atoms with E-state index in [4.69, 9.17) is 0 Å². The quantitative estimate of drug-likeness (QED) is 0.901. The van der Waals surface area contributed by atoms with E-state index < -0.39 is 11.7 Å². The van der Waals surface area contributed by atoms with Gasteiger partial charge in [0, 0.05) is 0 Å². The molecule has 0 heterocycles. The number of hydrogen-bond acceptors (Lipinski definition) is 2. The highest BCUT2D eigenvalue weighted by molar-refractivity contribution is 5.94. The lowest BCUT2D eigenvalue weighted by atomic mass is 10.1. The van der Waals surface area contributed by atoms with Crippen LogP contribution in [0.1, 0.15) is 34.5 Å². The van der Waals surface area contributed by atoms with E-state index in [1.807, 2.05) is 0 Å². The Hall–Kier alpha value is -2.36. The first-order valence-corrected chi connectivity index (χ1v) is 6.34. The molecule has 0 aliphatic rings. The number of aromatic hydroxyl groups is 1. The molecule has 0 fully saturated rings. The average Bonchev–Trinajstić information content (AvgIpc) is 2.41. The molecule has 104 valence electrons. The molecule has 1 amide bonds. The van der Waals surface area contributed by atoms with Gasteiger partial charge in [-0.2, -0.15) is 0 Å². The molecular formula is C16H16FNO2. The van der Waals surface area contributed by atoms with E-state index in [0.717, 1.165) is 5.56 Å². The van der Waals surface area contributed by atoms with Gasteiger partial charge in [0.1, 0.15) is 11.6 Å². The van der Waals surface area contributed by atoms with E-state index in [2.05, 4.69) is 5.32 Å². The fourth-order valence-electron chi connectivity index (χ4n) is 1.97. The third-order valence-electron chi connectivity index (χ3n) is 3.15. The molecule has 0 aliphatic carbocycles. The van der Waals surface area contributed by atoms with Crippen LogP contribution >= 0.6 is 0 Å². The number of nitrogens with one attached hydrogen (secondary N) is 1. The van der Waals surface area contributed by atoms with Gasteiger partial charge >= 0.3 is 0 Å². The number of halogens is 1.